The molecule has 3 atom stereocenters. The van der Waals surface area contributed by atoms with Crippen molar-refractivity contribution in [3.05, 3.63) is 0 Å². The third-order valence-electron chi connectivity index (χ3n) is 2.08. The van der Waals surface area contributed by atoms with Crippen LogP contribution in [0, 0.1) is 5.92 Å². The topological polar surface area (TPSA) is 183 Å². The van der Waals surface area contributed by atoms with Crippen LogP contribution in [0.15, 0.2) is 0 Å². The summed E-state index contributed by atoms with van der Waals surface area (Å²) in [6.45, 7) is 0.652. The van der Waals surface area contributed by atoms with Crippen LogP contribution >= 0.6 is 0 Å². The number of carboxylic acid groups (broad SMARTS) is 2. The molecule has 0 aliphatic carbocycles. The average Bonchev–Trinajstić information content (AvgIpc) is 1.93. The Morgan fingerprint density at radius 3 is 1.17 bits per heavy atom. The first-order valence-electron chi connectivity index (χ1n) is 4.18. The van der Waals surface area contributed by atoms with E-state index in [9.17, 15) is 26.4 Å². The fraction of sp³-hybridized carbons (Fsp3) is 0.667. The average molecular weight is 306 g/mol. The number of carboxylic acids is 2. The maximum absolute atomic E-state index is 10.8. The van der Waals surface area contributed by atoms with Gasteiger partial charge in [0.15, 0.2) is 10.5 Å². The number of hydrogen-bond acceptors (Lipinski definition) is 6. The van der Waals surface area contributed by atoms with Gasteiger partial charge in [0.1, 0.15) is 0 Å². The summed E-state index contributed by atoms with van der Waals surface area (Å²) >= 11 is 0. The second-order valence-electron chi connectivity index (χ2n) is 3.41. The van der Waals surface area contributed by atoms with Crippen molar-refractivity contribution in [1.82, 2.24) is 0 Å². The zero-order valence-corrected chi connectivity index (χ0v) is 10.4. The Morgan fingerprint density at radius 1 is 0.833 bits per heavy atom. The Balaban J connectivity index is 5.79. The minimum atomic E-state index is -5.24. The zero-order valence-electron chi connectivity index (χ0n) is 8.79. The predicted molar refractivity (Wildman–Crippen MR) is 55.1 cm³/mol. The summed E-state index contributed by atoms with van der Waals surface area (Å²) in [5, 5.41) is 11.7. The lowest BCUT2D eigenvalue weighted by Crippen LogP contribution is -2.47. The van der Waals surface area contributed by atoms with Gasteiger partial charge < -0.3 is 10.2 Å². The summed E-state index contributed by atoms with van der Waals surface area (Å²) in [5.41, 5.74) is 0. The maximum Gasteiger partial charge on any atom is 0.324 e. The van der Waals surface area contributed by atoms with Gasteiger partial charge in [-0.1, -0.05) is 6.92 Å². The van der Waals surface area contributed by atoms with E-state index in [1.807, 2.05) is 0 Å². The Kier molecular flexibility index (Phi) is 4.82. The molecule has 0 aromatic heterocycles. The molecule has 10 nitrogen and oxygen atoms in total. The molecule has 0 aromatic rings. The minimum Gasteiger partial charge on any atom is -0.480 e. The van der Waals surface area contributed by atoms with Gasteiger partial charge in [-0.05, 0) is 0 Å². The van der Waals surface area contributed by atoms with Crippen molar-refractivity contribution in [3.63, 3.8) is 0 Å². The maximum atomic E-state index is 10.8. The molecular weight excluding hydrogens is 296 g/mol. The van der Waals surface area contributed by atoms with Gasteiger partial charge >= 0.3 is 11.9 Å². The first-order valence-corrected chi connectivity index (χ1v) is 7.19. The van der Waals surface area contributed by atoms with Gasteiger partial charge in [0.05, 0.1) is 0 Å². The van der Waals surface area contributed by atoms with Crippen LogP contribution in [0.25, 0.3) is 0 Å². The largest absolute Gasteiger partial charge is 0.480 e. The molecule has 0 aliphatic heterocycles. The molecule has 0 bridgehead atoms. The molecule has 0 aliphatic rings. The first-order chi connectivity index (χ1) is 7.80. The third kappa shape index (κ3) is 3.90. The van der Waals surface area contributed by atoms with E-state index >= 15 is 0 Å². The van der Waals surface area contributed by atoms with Gasteiger partial charge in [-0.2, -0.15) is 16.8 Å². The van der Waals surface area contributed by atoms with Gasteiger partial charge in [-0.3, -0.25) is 18.7 Å². The Labute approximate surface area is 102 Å². The number of hydrogen-bond donors (Lipinski definition) is 4. The third-order valence-corrected chi connectivity index (χ3v) is 4.63. The molecule has 12 heteroatoms. The summed E-state index contributed by atoms with van der Waals surface area (Å²) in [6, 6.07) is 0. The molecule has 0 heterocycles. The molecule has 0 saturated heterocycles. The fourth-order valence-electron chi connectivity index (χ4n) is 1.41. The summed E-state index contributed by atoms with van der Waals surface area (Å²) in [5.74, 6) is -6.38. The zero-order chi connectivity index (χ0) is 14.9. The van der Waals surface area contributed by atoms with E-state index < -0.39 is 48.6 Å². The first kappa shape index (κ1) is 16.8. The van der Waals surface area contributed by atoms with Crippen LogP contribution < -0.4 is 0 Å². The van der Waals surface area contributed by atoms with E-state index in [1.165, 1.54) is 0 Å². The number of carbonyl (C=O) groups is 2. The highest BCUT2D eigenvalue weighted by Gasteiger charge is 2.48. The lowest BCUT2D eigenvalue weighted by atomic mass is 10.0. The van der Waals surface area contributed by atoms with E-state index in [2.05, 4.69) is 0 Å². The van der Waals surface area contributed by atoms with E-state index in [1.54, 1.807) is 0 Å². The summed E-state index contributed by atoms with van der Waals surface area (Å²) < 4.78 is 60.4. The van der Waals surface area contributed by atoms with Gasteiger partial charge in [0.2, 0.25) is 0 Å². The van der Waals surface area contributed by atoms with E-state index in [0.717, 1.165) is 0 Å². The highest BCUT2D eigenvalue weighted by Crippen LogP contribution is 2.21. The Morgan fingerprint density at radius 2 is 1.06 bits per heavy atom. The molecule has 0 amide bonds. The van der Waals surface area contributed by atoms with E-state index in [0.29, 0.717) is 6.92 Å². The molecule has 1 unspecified atom stereocenters. The van der Waals surface area contributed by atoms with E-state index in [4.69, 9.17) is 19.3 Å². The van der Waals surface area contributed by atoms with Crippen LogP contribution in [-0.4, -0.2) is 58.6 Å². The van der Waals surface area contributed by atoms with Crippen LogP contribution in [0.3, 0.4) is 0 Å². The van der Waals surface area contributed by atoms with Crippen LogP contribution in [0.5, 0.6) is 0 Å². The molecule has 0 aromatic carbocycles. The van der Waals surface area contributed by atoms with Crippen molar-refractivity contribution < 1.29 is 45.7 Å². The Hall–Kier alpha value is -1.24. The van der Waals surface area contributed by atoms with E-state index in [-0.39, 0.29) is 0 Å². The number of rotatable bonds is 6. The molecular formula is C6H10O10S2. The van der Waals surface area contributed by atoms with Crippen molar-refractivity contribution >= 4 is 32.2 Å². The second-order valence-corrected chi connectivity index (χ2v) is 6.48. The summed E-state index contributed by atoms with van der Waals surface area (Å²) in [6.07, 6.45) is 0. The van der Waals surface area contributed by atoms with Crippen molar-refractivity contribution in [2.45, 2.75) is 17.4 Å². The van der Waals surface area contributed by atoms with Crippen molar-refractivity contribution in [2.24, 2.45) is 5.92 Å². The quantitative estimate of drug-likeness (QED) is 0.412. The summed E-state index contributed by atoms with van der Waals surface area (Å²) in [4.78, 5) is 21.3. The highest BCUT2D eigenvalue weighted by atomic mass is 32.2. The SMILES string of the molecule is CC([C@@H](C(=O)O)S(=O)(=O)O)[C@H](C(=O)O)S(=O)(=O)O. The molecule has 18 heavy (non-hydrogen) atoms. The lowest BCUT2D eigenvalue weighted by molar-refractivity contribution is -0.139. The van der Waals surface area contributed by atoms with Gasteiger partial charge in [-0.15, -0.1) is 0 Å². The van der Waals surface area contributed by atoms with Crippen LogP contribution in [0.4, 0.5) is 0 Å². The van der Waals surface area contributed by atoms with Crippen LogP contribution in [0.1, 0.15) is 6.92 Å². The Bertz CT molecular complexity index is 493. The summed E-state index contributed by atoms with van der Waals surface area (Å²) in [7, 11) is -10.5. The van der Waals surface area contributed by atoms with Crippen molar-refractivity contribution in [1.29, 1.82) is 0 Å². The van der Waals surface area contributed by atoms with Gasteiger partial charge in [0.25, 0.3) is 20.2 Å². The molecule has 0 spiro atoms. The molecule has 106 valence electrons. The monoisotopic (exact) mass is 306 g/mol. The highest BCUT2D eigenvalue weighted by molar-refractivity contribution is 7.88. The smallest absolute Gasteiger partial charge is 0.324 e. The van der Waals surface area contributed by atoms with Crippen molar-refractivity contribution in [2.75, 3.05) is 0 Å². The molecule has 4 N–H and O–H groups in total. The molecule has 0 fully saturated rings. The molecule has 0 saturated carbocycles. The normalized spacial score (nSPS) is 17.7. The fourth-order valence-corrected chi connectivity index (χ4v) is 3.41. The van der Waals surface area contributed by atoms with Crippen molar-refractivity contribution in [3.8, 4) is 0 Å². The van der Waals surface area contributed by atoms with Crippen LogP contribution in [0.2, 0.25) is 0 Å². The number of aliphatic carboxylic acids is 2. The molecule has 0 rings (SSSR count). The lowest BCUT2D eigenvalue weighted by Gasteiger charge is -2.21. The standard InChI is InChI=1S/C6H10O10S2/c1-2(3(5(7)8)17(11,12)13)4(6(9)10)18(14,15)16/h2-4H,1H3,(H,7,8)(H,9,10)(H,11,12,13)(H,14,15,16)/t2?,3-,4+. The minimum absolute atomic E-state index is 0.652. The van der Waals surface area contributed by atoms with Crippen LogP contribution in [-0.2, 0) is 29.8 Å². The molecule has 0 radical (unpaired) electrons. The second kappa shape index (κ2) is 5.17. The van der Waals surface area contributed by atoms with Gasteiger partial charge in [0, 0.05) is 5.92 Å². The van der Waals surface area contributed by atoms with Gasteiger partial charge in [-0.25, -0.2) is 0 Å². The predicted octanol–water partition coefficient (Wildman–Crippen LogP) is -1.70.